The van der Waals surface area contributed by atoms with Gasteiger partial charge in [0.05, 0.1) is 19.8 Å². The smallest absolute Gasteiger partial charge is 0.300 e. The molecule has 0 aromatic carbocycles. The van der Waals surface area contributed by atoms with E-state index in [4.69, 9.17) is 4.99 Å². The van der Waals surface area contributed by atoms with E-state index in [0.717, 1.165) is 35.6 Å². The minimum absolute atomic E-state index is 0.0633. The van der Waals surface area contributed by atoms with Crippen LogP contribution in [0.5, 0.6) is 0 Å². The SMILES string of the molecule is Cc1nnc(NC(=O)CSC2=NC(C3CCCC3)=NC3=[N+](C)C(=O)N(C)C(=O)C23)s1. The van der Waals surface area contributed by atoms with Gasteiger partial charge in [0.2, 0.25) is 16.9 Å². The van der Waals surface area contributed by atoms with E-state index in [9.17, 15) is 14.4 Å². The van der Waals surface area contributed by atoms with Crippen molar-refractivity contribution >= 4 is 62.8 Å². The molecule has 3 aliphatic rings. The molecule has 30 heavy (non-hydrogen) atoms. The lowest BCUT2D eigenvalue weighted by molar-refractivity contribution is -0.407. The van der Waals surface area contributed by atoms with Crippen molar-refractivity contribution in [1.82, 2.24) is 15.1 Å². The summed E-state index contributed by atoms with van der Waals surface area (Å²) in [4.78, 5) is 48.1. The number of nitrogens with zero attached hydrogens (tertiary/aromatic N) is 6. The van der Waals surface area contributed by atoms with Gasteiger partial charge in [0, 0.05) is 5.92 Å². The number of amidine groups is 2. The first kappa shape index (κ1) is 20.8. The second kappa shape index (κ2) is 8.34. The van der Waals surface area contributed by atoms with Crippen LogP contribution in [0, 0.1) is 18.8 Å². The van der Waals surface area contributed by atoms with Gasteiger partial charge in [-0.1, -0.05) is 40.9 Å². The molecule has 1 unspecified atom stereocenters. The van der Waals surface area contributed by atoms with Crippen LogP contribution in [0.25, 0.3) is 0 Å². The fraction of sp³-hybridized carbons (Fsp3) is 0.556. The fourth-order valence-electron chi connectivity index (χ4n) is 3.71. The Morgan fingerprint density at radius 1 is 1.27 bits per heavy atom. The normalized spacial score (nSPS) is 22.2. The minimum Gasteiger partial charge on any atom is -0.300 e. The standard InChI is InChI=1S/C18H21N7O3S2/c1-9-22-23-17(30-9)19-11(26)8-29-15-12-14(24(2)18(28)25(3)16(12)27)20-13(21-15)10-6-4-5-7-10/h10,12H,4-8H2,1-3H3/p+1. The third-order valence-corrected chi connectivity index (χ3v) is 7.08. The molecule has 1 aromatic rings. The van der Waals surface area contributed by atoms with Gasteiger partial charge in [-0.3, -0.25) is 14.9 Å². The van der Waals surface area contributed by atoms with Gasteiger partial charge >= 0.3 is 11.9 Å². The Hall–Kier alpha value is -2.47. The van der Waals surface area contributed by atoms with Crippen LogP contribution >= 0.6 is 23.1 Å². The van der Waals surface area contributed by atoms with Crippen LogP contribution in [0.15, 0.2) is 9.98 Å². The molecule has 1 N–H and O–H groups in total. The topological polar surface area (TPSA) is 120 Å². The van der Waals surface area contributed by atoms with Gasteiger partial charge in [0.1, 0.15) is 10.1 Å². The number of hydrogen-bond acceptors (Lipinski definition) is 9. The zero-order chi connectivity index (χ0) is 21.4. The third kappa shape index (κ3) is 3.93. The summed E-state index contributed by atoms with van der Waals surface area (Å²) in [7, 11) is 3.06. The van der Waals surface area contributed by atoms with Crippen LogP contribution in [-0.4, -0.2) is 74.1 Å². The number of carbonyl (C=O) groups is 3. The molecule has 3 heterocycles. The molecule has 0 bridgehead atoms. The number of aromatic nitrogens is 2. The van der Waals surface area contributed by atoms with Crippen LogP contribution in [0.2, 0.25) is 0 Å². The molecule has 1 atom stereocenters. The average molecular weight is 449 g/mol. The number of urea groups is 1. The molecule has 0 saturated heterocycles. The predicted octanol–water partition coefficient (Wildman–Crippen LogP) is 1.77. The summed E-state index contributed by atoms with van der Waals surface area (Å²) in [5.74, 6) is -0.0931. The van der Waals surface area contributed by atoms with Crippen LogP contribution in [0.1, 0.15) is 30.7 Å². The highest BCUT2D eigenvalue weighted by molar-refractivity contribution is 8.14. The van der Waals surface area contributed by atoms with Crippen molar-refractivity contribution in [2.45, 2.75) is 32.6 Å². The molecule has 1 aromatic heterocycles. The van der Waals surface area contributed by atoms with Crippen LogP contribution in [0.3, 0.4) is 0 Å². The summed E-state index contributed by atoms with van der Waals surface area (Å²) in [6, 6.07) is -0.420. The number of rotatable bonds is 4. The molecular weight excluding hydrogens is 426 g/mol. The Bertz CT molecular complexity index is 1010. The van der Waals surface area contributed by atoms with Gasteiger partial charge in [-0.05, 0) is 19.8 Å². The first-order valence-electron chi connectivity index (χ1n) is 9.67. The van der Waals surface area contributed by atoms with Gasteiger partial charge in [0.15, 0.2) is 5.92 Å². The Morgan fingerprint density at radius 2 is 2.00 bits per heavy atom. The van der Waals surface area contributed by atoms with Crippen molar-refractivity contribution in [3.8, 4) is 0 Å². The number of imide groups is 1. The molecule has 1 saturated carbocycles. The second-order valence-electron chi connectivity index (χ2n) is 7.39. The zero-order valence-corrected chi connectivity index (χ0v) is 18.5. The molecule has 1 fully saturated rings. The van der Waals surface area contributed by atoms with Crippen molar-refractivity contribution in [3.05, 3.63) is 5.01 Å². The first-order chi connectivity index (χ1) is 14.3. The predicted molar refractivity (Wildman–Crippen MR) is 115 cm³/mol. The van der Waals surface area contributed by atoms with Gasteiger partial charge in [0.25, 0.3) is 5.84 Å². The van der Waals surface area contributed by atoms with E-state index < -0.39 is 11.9 Å². The molecule has 0 spiro atoms. The number of carbonyl (C=O) groups excluding carboxylic acids is 3. The van der Waals surface area contributed by atoms with Crippen molar-refractivity contribution in [2.24, 2.45) is 21.8 Å². The summed E-state index contributed by atoms with van der Waals surface area (Å²) >= 11 is 2.49. The Kier molecular flexibility index (Phi) is 5.78. The van der Waals surface area contributed by atoms with E-state index in [2.05, 4.69) is 20.5 Å². The summed E-state index contributed by atoms with van der Waals surface area (Å²) in [6.07, 6.45) is 4.20. The maximum absolute atomic E-state index is 12.9. The number of aryl methyl sites for hydroxylation is 1. The van der Waals surface area contributed by atoms with Crippen LogP contribution < -0.4 is 5.32 Å². The fourth-order valence-corrected chi connectivity index (χ4v) is 5.20. The number of aliphatic imine (C=N–C) groups is 2. The van der Waals surface area contributed by atoms with Crippen molar-refractivity contribution in [3.63, 3.8) is 0 Å². The van der Waals surface area contributed by atoms with E-state index in [1.165, 1.54) is 34.7 Å². The monoisotopic (exact) mass is 448 g/mol. The maximum Gasteiger partial charge on any atom is 0.445 e. The summed E-state index contributed by atoms with van der Waals surface area (Å²) in [5, 5.41) is 12.2. The lowest BCUT2D eigenvalue weighted by atomic mass is 10.0. The van der Waals surface area contributed by atoms with E-state index >= 15 is 0 Å². The average Bonchev–Trinajstić information content (AvgIpc) is 3.40. The van der Waals surface area contributed by atoms with Crippen LogP contribution in [0.4, 0.5) is 9.93 Å². The largest absolute Gasteiger partial charge is 0.445 e. The van der Waals surface area contributed by atoms with Crippen molar-refractivity contribution < 1.29 is 19.0 Å². The minimum atomic E-state index is -0.774. The lowest BCUT2D eigenvalue weighted by Crippen LogP contribution is -2.55. The van der Waals surface area contributed by atoms with E-state index in [1.54, 1.807) is 7.05 Å². The number of nitrogens with one attached hydrogen (secondary N) is 1. The number of hydrogen-bond donors (Lipinski definition) is 1. The number of anilines is 1. The molecule has 4 amide bonds. The molecular formula is C18H22N7O3S2+. The van der Waals surface area contributed by atoms with E-state index in [1.807, 2.05) is 6.92 Å². The summed E-state index contributed by atoms with van der Waals surface area (Å²) in [5.41, 5.74) is 0. The molecule has 4 rings (SSSR count). The van der Waals surface area contributed by atoms with Crippen molar-refractivity contribution in [1.29, 1.82) is 0 Å². The van der Waals surface area contributed by atoms with Gasteiger partial charge in [-0.25, -0.2) is 9.79 Å². The summed E-state index contributed by atoms with van der Waals surface area (Å²) < 4.78 is 1.40. The lowest BCUT2D eigenvalue weighted by Gasteiger charge is -2.27. The molecule has 0 radical (unpaired) electrons. The van der Waals surface area contributed by atoms with Crippen molar-refractivity contribution in [2.75, 3.05) is 25.2 Å². The molecule has 2 aliphatic heterocycles. The van der Waals surface area contributed by atoms with Gasteiger partial charge in [-0.2, -0.15) is 9.48 Å². The first-order valence-corrected chi connectivity index (χ1v) is 11.5. The molecule has 1 aliphatic carbocycles. The maximum atomic E-state index is 12.9. The van der Waals surface area contributed by atoms with E-state index in [-0.39, 0.29) is 23.5 Å². The van der Waals surface area contributed by atoms with E-state index in [0.29, 0.717) is 21.8 Å². The Balaban J connectivity index is 1.59. The number of fused-ring (bicyclic) bond motifs is 1. The zero-order valence-electron chi connectivity index (χ0n) is 16.9. The van der Waals surface area contributed by atoms with Gasteiger partial charge in [-0.15, -0.1) is 10.2 Å². The number of amides is 4. The third-order valence-electron chi connectivity index (χ3n) is 5.30. The Morgan fingerprint density at radius 3 is 2.67 bits per heavy atom. The highest BCUT2D eigenvalue weighted by Crippen LogP contribution is 2.32. The quantitative estimate of drug-likeness (QED) is 0.701. The number of thioether (sulfide) groups is 1. The Labute approximate surface area is 181 Å². The van der Waals surface area contributed by atoms with Crippen LogP contribution in [-0.2, 0) is 9.59 Å². The summed E-state index contributed by atoms with van der Waals surface area (Å²) in [6.45, 7) is 1.81. The molecule has 12 heteroatoms. The second-order valence-corrected chi connectivity index (χ2v) is 9.57. The highest BCUT2D eigenvalue weighted by Gasteiger charge is 2.49. The van der Waals surface area contributed by atoms with Gasteiger partial charge < -0.3 is 0 Å². The highest BCUT2D eigenvalue weighted by atomic mass is 32.2. The molecule has 10 nitrogen and oxygen atoms in total. The molecule has 158 valence electrons.